The molecule has 1 amide bonds. The Morgan fingerprint density at radius 2 is 1.94 bits per heavy atom. The molecule has 0 saturated carbocycles. The monoisotopic (exact) mass is 243 g/mol. The Balaban J connectivity index is 2.48. The summed E-state index contributed by atoms with van der Waals surface area (Å²) in [6.45, 7) is 6.67. The van der Waals surface area contributed by atoms with Gasteiger partial charge in [-0.1, -0.05) is 44.7 Å². The maximum absolute atomic E-state index is 11.0. The Morgan fingerprint density at radius 1 is 1.28 bits per heavy atom. The van der Waals surface area contributed by atoms with Gasteiger partial charge in [0.05, 0.1) is 6.54 Å². The quantitative estimate of drug-likeness (QED) is 0.809. The largest absolute Gasteiger partial charge is 0.345 e. The highest BCUT2D eigenvalue weighted by molar-refractivity contribution is 5.75. The van der Waals surface area contributed by atoms with Gasteiger partial charge in [0.15, 0.2) is 0 Å². The van der Waals surface area contributed by atoms with Crippen molar-refractivity contribution in [3.63, 3.8) is 0 Å². The highest BCUT2D eigenvalue weighted by Gasteiger charge is 1.97. The van der Waals surface area contributed by atoms with Crippen molar-refractivity contribution in [2.45, 2.75) is 33.6 Å². The van der Waals surface area contributed by atoms with Gasteiger partial charge in [-0.2, -0.15) is 0 Å². The lowest BCUT2D eigenvalue weighted by molar-refractivity contribution is -0.120. The third kappa shape index (κ3) is 5.54. The number of benzene rings is 1. The van der Waals surface area contributed by atoms with E-state index >= 15 is 0 Å². The average Bonchev–Trinajstić information content (AvgIpc) is 2.35. The fourth-order valence-electron chi connectivity index (χ4n) is 1.61. The molecule has 0 aliphatic carbocycles. The molecule has 0 bridgehead atoms. The van der Waals surface area contributed by atoms with Crippen molar-refractivity contribution < 1.29 is 4.79 Å². The zero-order valence-corrected chi connectivity index (χ0v) is 11.4. The SMILES string of the molecule is CCC(=O)NCC#Cc1ccc(CC(C)C)cc1. The van der Waals surface area contributed by atoms with Crippen LogP contribution in [-0.2, 0) is 11.2 Å². The van der Waals surface area contributed by atoms with Gasteiger partial charge in [-0.25, -0.2) is 0 Å². The third-order valence-electron chi connectivity index (χ3n) is 2.53. The number of hydrogen-bond donors (Lipinski definition) is 1. The lowest BCUT2D eigenvalue weighted by atomic mass is 10.0. The van der Waals surface area contributed by atoms with Crippen molar-refractivity contribution in [2.24, 2.45) is 5.92 Å². The van der Waals surface area contributed by atoms with E-state index in [1.807, 2.05) is 19.1 Å². The zero-order chi connectivity index (χ0) is 13.4. The molecule has 0 spiro atoms. The van der Waals surface area contributed by atoms with Crippen molar-refractivity contribution in [1.82, 2.24) is 5.32 Å². The summed E-state index contributed by atoms with van der Waals surface area (Å²) in [5.41, 5.74) is 2.34. The van der Waals surface area contributed by atoms with E-state index < -0.39 is 0 Å². The van der Waals surface area contributed by atoms with Gasteiger partial charge >= 0.3 is 0 Å². The maximum atomic E-state index is 11.0. The lowest BCUT2D eigenvalue weighted by Gasteiger charge is -2.04. The van der Waals surface area contributed by atoms with Crippen LogP contribution in [0.2, 0.25) is 0 Å². The van der Waals surface area contributed by atoms with Crippen LogP contribution in [0, 0.1) is 17.8 Å². The van der Waals surface area contributed by atoms with Gasteiger partial charge in [-0.05, 0) is 30.0 Å². The molecule has 2 nitrogen and oxygen atoms in total. The average molecular weight is 243 g/mol. The van der Waals surface area contributed by atoms with Crippen LogP contribution in [0.1, 0.15) is 38.3 Å². The van der Waals surface area contributed by atoms with Crippen LogP contribution < -0.4 is 5.32 Å². The Hall–Kier alpha value is -1.75. The minimum absolute atomic E-state index is 0.0385. The Bertz CT molecular complexity index is 434. The number of carbonyl (C=O) groups excluding carboxylic acids is 1. The van der Waals surface area contributed by atoms with Crippen molar-refractivity contribution in [2.75, 3.05) is 6.54 Å². The first-order valence-electron chi connectivity index (χ1n) is 6.46. The summed E-state index contributed by atoms with van der Waals surface area (Å²) < 4.78 is 0. The first-order chi connectivity index (χ1) is 8.61. The predicted molar refractivity (Wildman–Crippen MR) is 75.2 cm³/mol. The predicted octanol–water partition coefficient (Wildman–Crippen LogP) is 2.76. The highest BCUT2D eigenvalue weighted by atomic mass is 16.1. The second-order valence-electron chi connectivity index (χ2n) is 4.73. The van der Waals surface area contributed by atoms with Gasteiger partial charge in [0.25, 0.3) is 0 Å². The number of nitrogens with one attached hydrogen (secondary N) is 1. The van der Waals surface area contributed by atoms with Crippen LogP contribution in [0.5, 0.6) is 0 Å². The summed E-state index contributed by atoms with van der Waals surface area (Å²) in [5.74, 6) is 6.70. The molecule has 0 radical (unpaired) electrons. The molecule has 96 valence electrons. The van der Waals surface area contributed by atoms with E-state index in [9.17, 15) is 4.79 Å². The Morgan fingerprint density at radius 3 is 2.50 bits per heavy atom. The van der Waals surface area contributed by atoms with Gasteiger partial charge in [0.2, 0.25) is 5.91 Å². The molecular formula is C16H21NO. The summed E-state index contributed by atoms with van der Waals surface area (Å²) in [6.07, 6.45) is 1.60. The summed E-state index contributed by atoms with van der Waals surface area (Å²) in [5, 5.41) is 2.73. The summed E-state index contributed by atoms with van der Waals surface area (Å²) >= 11 is 0. The number of rotatable bonds is 4. The van der Waals surface area contributed by atoms with Crippen LogP contribution in [0.15, 0.2) is 24.3 Å². The molecule has 1 rings (SSSR count). The standard InChI is InChI=1S/C16H21NO/c1-4-16(18)17-11-5-6-14-7-9-15(10-8-14)12-13(2)3/h7-10,13H,4,11-12H2,1-3H3,(H,17,18). The molecule has 2 heteroatoms. The Kier molecular flexibility index (Phi) is 6.00. The van der Waals surface area contributed by atoms with E-state index in [1.54, 1.807) is 0 Å². The molecule has 0 aliphatic heterocycles. The van der Waals surface area contributed by atoms with E-state index in [0.717, 1.165) is 12.0 Å². The van der Waals surface area contributed by atoms with E-state index in [2.05, 4.69) is 43.1 Å². The number of carbonyl (C=O) groups is 1. The smallest absolute Gasteiger partial charge is 0.220 e. The first kappa shape index (κ1) is 14.3. The van der Waals surface area contributed by atoms with E-state index in [1.165, 1.54) is 5.56 Å². The van der Waals surface area contributed by atoms with Gasteiger partial charge in [0, 0.05) is 12.0 Å². The number of amides is 1. The van der Waals surface area contributed by atoms with E-state index in [4.69, 9.17) is 0 Å². The molecule has 0 atom stereocenters. The molecule has 0 fully saturated rings. The second kappa shape index (κ2) is 7.55. The van der Waals surface area contributed by atoms with Gasteiger partial charge in [-0.3, -0.25) is 4.79 Å². The Labute approximate surface area is 110 Å². The molecule has 1 aromatic rings. The fraction of sp³-hybridized carbons (Fsp3) is 0.438. The zero-order valence-electron chi connectivity index (χ0n) is 11.4. The van der Waals surface area contributed by atoms with Crippen molar-refractivity contribution >= 4 is 5.91 Å². The highest BCUT2D eigenvalue weighted by Crippen LogP contribution is 2.08. The third-order valence-corrected chi connectivity index (χ3v) is 2.53. The van der Waals surface area contributed by atoms with Crippen LogP contribution in [0.25, 0.3) is 0 Å². The number of hydrogen-bond acceptors (Lipinski definition) is 1. The summed E-state index contributed by atoms with van der Waals surface area (Å²) in [7, 11) is 0. The van der Waals surface area contributed by atoms with Gasteiger partial charge in [-0.15, -0.1) is 0 Å². The van der Waals surface area contributed by atoms with E-state index in [-0.39, 0.29) is 5.91 Å². The van der Waals surface area contributed by atoms with E-state index in [0.29, 0.717) is 18.9 Å². The second-order valence-corrected chi connectivity index (χ2v) is 4.73. The molecule has 0 aromatic heterocycles. The van der Waals surface area contributed by atoms with Crippen LogP contribution in [-0.4, -0.2) is 12.5 Å². The van der Waals surface area contributed by atoms with Crippen LogP contribution >= 0.6 is 0 Å². The minimum Gasteiger partial charge on any atom is -0.345 e. The van der Waals surface area contributed by atoms with Crippen molar-refractivity contribution in [3.8, 4) is 11.8 Å². The molecule has 0 aliphatic rings. The first-order valence-corrected chi connectivity index (χ1v) is 6.46. The normalized spacial score (nSPS) is 9.78. The molecule has 1 N–H and O–H groups in total. The topological polar surface area (TPSA) is 29.1 Å². The van der Waals surface area contributed by atoms with Gasteiger partial charge in [0.1, 0.15) is 0 Å². The molecule has 18 heavy (non-hydrogen) atoms. The van der Waals surface area contributed by atoms with Gasteiger partial charge < -0.3 is 5.32 Å². The maximum Gasteiger partial charge on any atom is 0.220 e. The molecular weight excluding hydrogens is 222 g/mol. The summed E-state index contributed by atoms with van der Waals surface area (Å²) in [6, 6.07) is 8.31. The molecule has 0 heterocycles. The molecule has 1 aromatic carbocycles. The van der Waals surface area contributed by atoms with Crippen molar-refractivity contribution in [3.05, 3.63) is 35.4 Å². The lowest BCUT2D eigenvalue weighted by Crippen LogP contribution is -2.22. The molecule has 0 saturated heterocycles. The summed E-state index contributed by atoms with van der Waals surface area (Å²) in [4.78, 5) is 11.0. The van der Waals surface area contributed by atoms with Crippen LogP contribution in [0.4, 0.5) is 0 Å². The fourth-order valence-corrected chi connectivity index (χ4v) is 1.61. The van der Waals surface area contributed by atoms with Crippen LogP contribution in [0.3, 0.4) is 0 Å². The minimum atomic E-state index is 0.0385. The molecule has 0 unspecified atom stereocenters. The van der Waals surface area contributed by atoms with Crippen molar-refractivity contribution in [1.29, 1.82) is 0 Å².